The average Bonchev–Trinajstić information content (AvgIpc) is 2.72. The lowest BCUT2D eigenvalue weighted by molar-refractivity contribution is -0.150. The monoisotopic (exact) mass is 398 g/mol. The van der Waals surface area contributed by atoms with Gasteiger partial charge in [0.15, 0.2) is 6.10 Å². The molecule has 158 valence electrons. The topological polar surface area (TPSA) is 44.8 Å². The van der Waals surface area contributed by atoms with Gasteiger partial charge >= 0.3 is 5.97 Å². The molecule has 29 heavy (non-hydrogen) atoms. The summed E-state index contributed by atoms with van der Waals surface area (Å²) in [6.45, 7) is 14.4. The molecule has 0 saturated carbocycles. The van der Waals surface area contributed by atoms with Crippen LogP contribution in [0.5, 0.6) is 0 Å². The van der Waals surface area contributed by atoms with Crippen molar-refractivity contribution in [3.8, 4) is 0 Å². The first-order valence-corrected chi connectivity index (χ1v) is 10.3. The van der Waals surface area contributed by atoms with Crippen LogP contribution < -0.4 is 0 Å². The first kappa shape index (κ1) is 23.0. The van der Waals surface area contributed by atoms with E-state index in [-0.39, 0.29) is 18.6 Å². The Morgan fingerprint density at radius 1 is 1.17 bits per heavy atom. The van der Waals surface area contributed by atoms with Crippen LogP contribution in [0.3, 0.4) is 0 Å². The predicted molar refractivity (Wildman–Crippen MR) is 117 cm³/mol. The molecule has 4 nitrogen and oxygen atoms in total. The third kappa shape index (κ3) is 6.90. The molecule has 1 atom stereocenters. The summed E-state index contributed by atoms with van der Waals surface area (Å²) in [6.07, 6.45) is 16.1. The van der Waals surface area contributed by atoms with Gasteiger partial charge in [0.1, 0.15) is 6.61 Å². The van der Waals surface area contributed by atoms with Crippen molar-refractivity contribution in [2.24, 2.45) is 5.41 Å². The van der Waals surface area contributed by atoms with Crippen molar-refractivity contribution in [3.63, 3.8) is 0 Å². The van der Waals surface area contributed by atoms with Gasteiger partial charge in [-0.25, -0.2) is 4.79 Å². The second-order valence-corrected chi connectivity index (χ2v) is 8.05. The molecule has 0 aliphatic heterocycles. The van der Waals surface area contributed by atoms with E-state index in [4.69, 9.17) is 14.2 Å². The van der Waals surface area contributed by atoms with Crippen LogP contribution in [0.15, 0.2) is 72.1 Å². The van der Waals surface area contributed by atoms with Gasteiger partial charge in [0.05, 0.1) is 19.0 Å². The van der Waals surface area contributed by atoms with Crippen molar-refractivity contribution in [3.05, 3.63) is 72.1 Å². The summed E-state index contributed by atoms with van der Waals surface area (Å²) in [5.74, 6) is 0.472. The fourth-order valence-electron chi connectivity index (χ4n) is 3.44. The van der Waals surface area contributed by atoms with Crippen molar-refractivity contribution in [2.45, 2.75) is 52.6 Å². The second kappa shape index (κ2) is 11.0. The predicted octanol–water partition coefficient (Wildman–Crippen LogP) is 5.60. The zero-order valence-electron chi connectivity index (χ0n) is 18.0. The molecular weight excluding hydrogens is 364 g/mol. The van der Waals surface area contributed by atoms with Crippen LogP contribution >= 0.6 is 0 Å². The van der Waals surface area contributed by atoms with Crippen LogP contribution in [0, 0.1) is 5.41 Å². The molecule has 2 aliphatic carbocycles. The van der Waals surface area contributed by atoms with E-state index in [0.29, 0.717) is 12.2 Å². The van der Waals surface area contributed by atoms with E-state index in [2.05, 4.69) is 51.3 Å². The Hall–Kier alpha value is -2.33. The van der Waals surface area contributed by atoms with E-state index in [1.54, 1.807) is 13.0 Å². The normalized spacial score (nSPS) is 17.6. The number of rotatable bonds is 11. The average molecular weight is 399 g/mol. The van der Waals surface area contributed by atoms with Crippen molar-refractivity contribution < 1.29 is 19.0 Å². The molecule has 2 aliphatic rings. The Balaban J connectivity index is 1.96. The molecule has 0 fully saturated rings. The van der Waals surface area contributed by atoms with Crippen LogP contribution in [-0.4, -0.2) is 31.9 Å². The zero-order valence-corrected chi connectivity index (χ0v) is 18.0. The molecule has 0 saturated heterocycles. The van der Waals surface area contributed by atoms with E-state index in [1.165, 1.54) is 11.1 Å². The summed E-state index contributed by atoms with van der Waals surface area (Å²) in [5, 5.41) is 0. The van der Waals surface area contributed by atoms with Gasteiger partial charge in [0, 0.05) is 17.4 Å². The van der Waals surface area contributed by atoms with Crippen molar-refractivity contribution in [1.82, 2.24) is 0 Å². The smallest absolute Gasteiger partial charge is 0.333 e. The Morgan fingerprint density at radius 3 is 2.52 bits per heavy atom. The third-order valence-electron chi connectivity index (χ3n) is 5.35. The van der Waals surface area contributed by atoms with Gasteiger partial charge in [0.2, 0.25) is 0 Å². The fraction of sp³-hybridized carbons (Fsp3) is 0.480. The Kier molecular flexibility index (Phi) is 8.71. The maximum Gasteiger partial charge on any atom is 0.333 e. The van der Waals surface area contributed by atoms with E-state index in [0.717, 1.165) is 31.4 Å². The second-order valence-electron chi connectivity index (χ2n) is 8.05. The standard InChI is InChI=1S/C25H34O4/c1-6-16-27-17-23(29-24(26)19(2)3)18-28-22-14-12-21(13-15-22)25(4,5)20-10-8-7-9-11-20/h6-8,10,12,14,23H,1-2,9,11,13,15-18H2,3-5H3. The van der Waals surface area contributed by atoms with E-state index in [9.17, 15) is 4.79 Å². The minimum absolute atomic E-state index is 0.0604. The Labute approximate surface area is 175 Å². The zero-order chi connectivity index (χ0) is 21.3. The van der Waals surface area contributed by atoms with Crippen molar-refractivity contribution in [1.29, 1.82) is 0 Å². The van der Waals surface area contributed by atoms with Crippen LogP contribution in [0.4, 0.5) is 0 Å². The summed E-state index contributed by atoms with van der Waals surface area (Å²) in [6, 6.07) is 0. The van der Waals surface area contributed by atoms with Gasteiger partial charge < -0.3 is 14.2 Å². The van der Waals surface area contributed by atoms with Crippen molar-refractivity contribution >= 4 is 5.97 Å². The van der Waals surface area contributed by atoms with Gasteiger partial charge in [0.25, 0.3) is 0 Å². The number of hydrogen-bond donors (Lipinski definition) is 0. The lowest BCUT2D eigenvalue weighted by Gasteiger charge is -2.34. The molecule has 0 spiro atoms. The molecule has 0 N–H and O–H groups in total. The number of allylic oxidation sites excluding steroid dienone is 8. The van der Waals surface area contributed by atoms with Gasteiger partial charge in [-0.05, 0) is 32.3 Å². The molecule has 0 aromatic rings. The maximum atomic E-state index is 11.9. The third-order valence-corrected chi connectivity index (χ3v) is 5.35. The molecule has 0 aromatic carbocycles. The van der Waals surface area contributed by atoms with Crippen LogP contribution in [-0.2, 0) is 19.0 Å². The lowest BCUT2D eigenvalue weighted by Crippen LogP contribution is -2.29. The summed E-state index contributed by atoms with van der Waals surface area (Å²) in [4.78, 5) is 11.9. The quantitative estimate of drug-likeness (QED) is 0.197. The Morgan fingerprint density at radius 2 is 1.93 bits per heavy atom. The molecule has 0 bridgehead atoms. The molecule has 0 aromatic heterocycles. The first-order valence-electron chi connectivity index (χ1n) is 10.3. The lowest BCUT2D eigenvalue weighted by atomic mass is 9.72. The fourth-order valence-corrected chi connectivity index (χ4v) is 3.44. The first-order chi connectivity index (χ1) is 13.8. The number of ether oxygens (including phenoxy) is 3. The summed E-state index contributed by atoms with van der Waals surface area (Å²) in [7, 11) is 0. The van der Waals surface area contributed by atoms with Crippen LogP contribution in [0.2, 0.25) is 0 Å². The molecule has 1 unspecified atom stereocenters. The number of hydrogen-bond acceptors (Lipinski definition) is 4. The summed E-state index contributed by atoms with van der Waals surface area (Å²) >= 11 is 0. The van der Waals surface area contributed by atoms with E-state index in [1.807, 2.05) is 6.08 Å². The summed E-state index contributed by atoms with van der Waals surface area (Å²) in [5.41, 5.74) is 3.32. The highest BCUT2D eigenvalue weighted by molar-refractivity contribution is 5.87. The SMILES string of the molecule is C=CCOCC(COC1=CC=C(C(C)(C)C2=CC=CCC2)CC1)OC(=O)C(=C)C. The number of esters is 1. The van der Waals surface area contributed by atoms with Gasteiger partial charge in [-0.2, -0.15) is 0 Å². The van der Waals surface area contributed by atoms with Crippen LogP contribution in [0.1, 0.15) is 46.5 Å². The van der Waals surface area contributed by atoms with Gasteiger partial charge in [-0.3, -0.25) is 0 Å². The highest BCUT2D eigenvalue weighted by Gasteiger charge is 2.29. The number of carbonyl (C=O) groups excluding carboxylic acids is 1. The highest BCUT2D eigenvalue weighted by Crippen LogP contribution is 2.42. The van der Waals surface area contributed by atoms with Gasteiger partial charge in [-0.15, -0.1) is 6.58 Å². The Bertz CT molecular complexity index is 734. The molecular formula is C25H34O4. The van der Waals surface area contributed by atoms with Gasteiger partial charge in [-0.1, -0.05) is 62.0 Å². The molecule has 0 amide bonds. The molecule has 0 radical (unpaired) electrons. The van der Waals surface area contributed by atoms with Crippen molar-refractivity contribution in [2.75, 3.05) is 19.8 Å². The van der Waals surface area contributed by atoms with Crippen LogP contribution in [0.25, 0.3) is 0 Å². The number of carbonyl (C=O) groups is 1. The molecule has 4 heteroatoms. The van der Waals surface area contributed by atoms with E-state index < -0.39 is 12.1 Å². The molecule has 2 rings (SSSR count). The van der Waals surface area contributed by atoms with E-state index >= 15 is 0 Å². The largest absolute Gasteiger partial charge is 0.494 e. The summed E-state index contributed by atoms with van der Waals surface area (Å²) < 4.78 is 16.8. The molecule has 0 heterocycles. The minimum atomic E-state index is -0.485. The minimum Gasteiger partial charge on any atom is -0.494 e. The highest BCUT2D eigenvalue weighted by atomic mass is 16.6. The maximum absolute atomic E-state index is 11.9.